The lowest BCUT2D eigenvalue weighted by Crippen LogP contribution is -2.32. The van der Waals surface area contributed by atoms with Gasteiger partial charge in [0.25, 0.3) is 0 Å². The highest BCUT2D eigenvalue weighted by molar-refractivity contribution is 6.31. The van der Waals surface area contributed by atoms with E-state index < -0.39 is 0 Å². The van der Waals surface area contributed by atoms with Gasteiger partial charge < -0.3 is 10.2 Å². The van der Waals surface area contributed by atoms with Crippen molar-refractivity contribution in [1.82, 2.24) is 4.90 Å². The largest absolute Gasteiger partial charge is 0.372 e. The van der Waals surface area contributed by atoms with E-state index in [9.17, 15) is 0 Å². The number of hydrogen-bond acceptors (Lipinski definition) is 3. The van der Waals surface area contributed by atoms with Crippen LogP contribution >= 0.6 is 11.6 Å². The molecule has 25 heavy (non-hydrogen) atoms. The van der Waals surface area contributed by atoms with Crippen LogP contribution in [0.25, 0.3) is 0 Å². The van der Waals surface area contributed by atoms with Crippen LogP contribution in [0.2, 0.25) is 5.02 Å². The van der Waals surface area contributed by atoms with Crippen molar-refractivity contribution in [2.75, 3.05) is 30.4 Å². The molecule has 1 N–H and O–H groups in total. The van der Waals surface area contributed by atoms with Crippen molar-refractivity contribution in [3.8, 4) is 0 Å². The van der Waals surface area contributed by atoms with E-state index in [1.807, 2.05) is 6.07 Å². The topological polar surface area (TPSA) is 18.5 Å². The molecule has 0 amide bonds. The molecule has 3 nitrogen and oxygen atoms in total. The van der Waals surface area contributed by atoms with Crippen LogP contribution in [0.3, 0.4) is 0 Å². The molecule has 0 aliphatic carbocycles. The zero-order chi connectivity index (χ0) is 17.4. The average molecular weight is 356 g/mol. The fourth-order valence-electron chi connectivity index (χ4n) is 3.89. The highest BCUT2D eigenvalue weighted by atomic mass is 35.5. The first-order valence-corrected chi connectivity index (χ1v) is 9.58. The molecule has 4 rings (SSSR count). The minimum atomic E-state index is 0.862. The molecule has 2 aliphatic heterocycles. The maximum Gasteiger partial charge on any atom is 0.0474 e. The molecule has 2 aliphatic rings. The number of rotatable bonds is 3. The van der Waals surface area contributed by atoms with E-state index in [-0.39, 0.29) is 0 Å². The quantitative estimate of drug-likeness (QED) is 0.809. The lowest BCUT2D eigenvalue weighted by Gasteiger charge is -2.32. The van der Waals surface area contributed by atoms with Crippen LogP contribution in [-0.2, 0) is 13.1 Å². The summed E-state index contributed by atoms with van der Waals surface area (Å²) in [7, 11) is 2.13. The summed E-state index contributed by atoms with van der Waals surface area (Å²) in [4.78, 5) is 4.78. The molecule has 0 saturated carbocycles. The molecule has 0 unspecified atom stereocenters. The predicted octanol–water partition coefficient (Wildman–Crippen LogP) is 5.27. The average Bonchev–Trinajstić information content (AvgIpc) is 2.97. The van der Waals surface area contributed by atoms with Crippen molar-refractivity contribution in [3.05, 3.63) is 52.5 Å². The van der Waals surface area contributed by atoms with Gasteiger partial charge in [-0.05, 0) is 73.3 Å². The first kappa shape index (κ1) is 16.7. The van der Waals surface area contributed by atoms with E-state index in [0.717, 1.165) is 35.4 Å². The van der Waals surface area contributed by atoms with Gasteiger partial charge in [0.05, 0.1) is 0 Å². The third-order valence-corrected chi connectivity index (χ3v) is 5.80. The smallest absolute Gasteiger partial charge is 0.0474 e. The summed E-state index contributed by atoms with van der Waals surface area (Å²) >= 11 is 6.47. The van der Waals surface area contributed by atoms with Gasteiger partial charge >= 0.3 is 0 Å². The Bertz CT molecular complexity index is 748. The van der Waals surface area contributed by atoms with Gasteiger partial charge in [-0.3, -0.25) is 4.90 Å². The van der Waals surface area contributed by atoms with Crippen molar-refractivity contribution in [1.29, 1.82) is 0 Å². The Kier molecular flexibility index (Phi) is 4.61. The van der Waals surface area contributed by atoms with Gasteiger partial charge in [-0.15, -0.1) is 0 Å². The summed E-state index contributed by atoms with van der Waals surface area (Å²) < 4.78 is 0. The van der Waals surface area contributed by atoms with Crippen molar-refractivity contribution in [2.24, 2.45) is 5.92 Å². The van der Waals surface area contributed by atoms with E-state index in [0.29, 0.717) is 0 Å². The molecule has 1 fully saturated rings. The van der Waals surface area contributed by atoms with Gasteiger partial charge in [0.2, 0.25) is 0 Å². The van der Waals surface area contributed by atoms with Crippen LogP contribution in [0.4, 0.5) is 17.1 Å². The summed E-state index contributed by atoms with van der Waals surface area (Å²) in [5, 5.41) is 4.37. The van der Waals surface area contributed by atoms with Gasteiger partial charge in [-0.1, -0.05) is 18.5 Å². The monoisotopic (exact) mass is 355 g/mol. The lowest BCUT2D eigenvalue weighted by molar-refractivity contribution is 0.353. The van der Waals surface area contributed by atoms with E-state index in [1.165, 1.54) is 42.7 Å². The second kappa shape index (κ2) is 6.89. The lowest BCUT2D eigenvalue weighted by atomic mass is 9.99. The fraction of sp³-hybridized carbons (Fsp3) is 0.429. The number of halogens is 1. The molecule has 2 aromatic rings. The maximum absolute atomic E-state index is 6.47. The number of benzene rings is 2. The second-order valence-corrected chi connectivity index (χ2v) is 8.02. The summed E-state index contributed by atoms with van der Waals surface area (Å²) in [6.45, 7) is 6.60. The van der Waals surface area contributed by atoms with Gasteiger partial charge in [0.15, 0.2) is 0 Å². The minimum absolute atomic E-state index is 0.862. The van der Waals surface area contributed by atoms with E-state index in [1.54, 1.807) is 0 Å². The first-order valence-electron chi connectivity index (χ1n) is 9.20. The summed E-state index contributed by atoms with van der Waals surface area (Å²) in [6, 6.07) is 13.0. The summed E-state index contributed by atoms with van der Waals surface area (Å²) in [5.74, 6) is 0.862. The van der Waals surface area contributed by atoms with E-state index in [4.69, 9.17) is 11.6 Å². The molecule has 0 aromatic heterocycles. The molecule has 0 radical (unpaired) electrons. The van der Waals surface area contributed by atoms with Gasteiger partial charge in [-0.25, -0.2) is 0 Å². The Morgan fingerprint density at radius 3 is 2.44 bits per heavy atom. The maximum atomic E-state index is 6.47. The summed E-state index contributed by atoms with van der Waals surface area (Å²) in [5.41, 5.74) is 6.10. The number of nitrogens with zero attached hydrogens (tertiary/aromatic N) is 2. The predicted molar refractivity (Wildman–Crippen MR) is 107 cm³/mol. The van der Waals surface area contributed by atoms with Crippen molar-refractivity contribution in [2.45, 2.75) is 32.9 Å². The van der Waals surface area contributed by atoms with Crippen molar-refractivity contribution < 1.29 is 0 Å². The van der Waals surface area contributed by atoms with Crippen molar-refractivity contribution >= 4 is 28.7 Å². The molecule has 0 bridgehead atoms. The zero-order valence-corrected chi connectivity index (χ0v) is 15.8. The standard InChI is InChI=1S/C21H26ClN3/c1-15-7-9-25(10-8-15)19-5-3-17(4-6-19)23-18-11-16-13-24(2)14-20(16)21(22)12-18/h3-6,11-12,15,23H,7-10,13-14H2,1-2H3. The van der Waals surface area contributed by atoms with Crippen LogP contribution in [0.15, 0.2) is 36.4 Å². The van der Waals surface area contributed by atoms with Crippen LogP contribution in [0.1, 0.15) is 30.9 Å². The highest BCUT2D eigenvalue weighted by Gasteiger charge is 2.19. The molecule has 132 valence electrons. The highest BCUT2D eigenvalue weighted by Crippen LogP contribution is 2.33. The van der Waals surface area contributed by atoms with Gasteiger partial charge in [0, 0.05) is 48.3 Å². The van der Waals surface area contributed by atoms with Crippen molar-refractivity contribution in [3.63, 3.8) is 0 Å². The number of fused-ring (bicyclic) bond motifs is 1. The normalized spacial score (nSPS) is 18.4. The number of piperidine rings is 1. The molecule has 0 spiro atoms. The molecule has 2 heterocycles. The fourth-order valence-corrected chi connectivity index (χ4v) is 4.19. The van der Waals surface area contributed by atoms with E-state index >= 15 is 0 Å². The van der Waals surface area contributed by atoms with Crippen LogP contribution < -0.4 is 10.2 Å². The Morgan fingerprint density at radius 2 is 1.72 bits per heavy atom. The Balaban J connectivity index is 1.47. The zero-order valence-electron chi connectivity index (χ0n) is 15.1. The first-order chi connectivity index (χ1) is 12.1. The molecule has 4 heteroatoms. The van der Waals surface area contributed by atoms with E-state index in [2.05, 4.69) is 59.4 Å². The number of hydrogen-bond donors (Lipinski definition) is 1. The third kappa shape index (κ3) is 3.63. The second-order valence-electron chi connectivity index (χ2n) is 7.61. The van der Waals surface area contributed by atoms with Gasteiger partial charge in [-0.2, -0.15) is 0 Å². The van der Waals surface area contributed by atoms with Crippen LogP contribution in [0.5, 0.6) is 0 Å². The van der Waals surface area contributed by atoms with Crippen LogP contribution in [0, 0.1) is 5.92 Å². The summed E-state index contributed by atoms with van der Waals surface area (Å²) in [6.07, 6.45) is 2.59. The number of anilines is 3. The number of nitrogens with one attached hydrogen (secondary N) is 1. The Morgan fingerprint density at radius 1 is 1.00 bits per heavy atom. The minimum Gasteiger partial charge on any atom is -0.372 e. The molecule has 1 saturated heterocycles. The Hall–Kier alpha value is -1.71. The molecule has 2 aromatic carbocycles. The van der Waals surface area contributed by atoms with Crippen LogP contribution in [-0.4, -0.2) is 25.0 Å². The van der Waals surface area contributed by atoms with Gasteiger partial charge in [0.1, 0.15) is 0 Å². The Labute approximate surface area is 155 Å². The molecule has 0 atom stereocenters. The molecular formula is C21H26ClN3. The third-order valence-electron chi connectivity index (χ3n) is 5.46. The molecular weight excluding hydrogens is 330 g/mol. The SMILES string of the molecule is CC1CCN(c2ccc(Nc3cc(Cl)c4c(c3)CN(C)C4)cc2)CC1.